The summed E-state index contributed by atoms with van der Waals surface area (Å²) in [6, 6.07) is 8.50. The first kappa shape index (κ1) is 17.0. The molecule has 4 heteroatoms. The van der Waals surface area contributed by atoms with Gasteiger partial charge in [0.15, 0.2) is 0 Å². The lowest BCUT2D eigenvalue weighted by Crippen LogP contribution is -2.32. The molecular weight excluding hydrogens is 274 g/mol. The fourth-order valence-corrected chi connectivity index (χ4v) is 3.08. The Hall–Kier alpha value is -1.39. The number of amides is 1. The minimum Gasteiger partial charge on any atom is -0.352 e. The summed E-state index contributed by atoms with van der Waals surface area (Å²) in [6.07, 6.45) is 0.545. The van der Waals surface area contributed by atoms with Gasteiger partial charge in [-0.25, -0.2) is 0 Å². The smallest absolute Gasteiger partial charge is 0.221 e. The molecule has 1 fully saturated rings. The first-order valence-corrected chi connectivity index (χ1v) is 8.26. The van der Waals surface area contributed by atoms with E-state index in [9.17, 15) is 4.79 Å². The van der Waals surface area contributed by atoms with Crippen molar-refractivity contribution in [3.63, 3.8) is 0 Å². The summed E-state index contributed by atoms with van der Waals surface area (Å²) in [7, 11) is 0. The van der Waals surface area contributed by atoms with Gasteiger partial charge in [0.1, 0.15) is 0 Å². The highest BCUT2D eigenvalue weighted by molar-refractivity contribution is 5.76. The highest BCUT2D eigenvalue weighted by Gasteiger charge is 2.31. The van der Waals surface area contributed by atoms with E-state index in [1.807, 2.05) is 0 Å². The fraction of sp³-hybridized carbons (Fsp3) is 0.611. The van der Waals surface area contributed by atoms with Crippen molar-refractivity contribution in [2.45, 2.75) is 39.8 Å². The van der Waals surface area contributed by atoms with E-state index in [0.29, 0.717) is 24.8 Å². The second kappa shape index (κ2) is 7.75. The van der Waals surface area contributed by atoms with E-state index in [0.717, 1.165) is 25.2 Å². The summed E-state index contributed by atoms with van der Waals surface area (Å²) in [5, 5.41) is 2.99. The van der Waals surface area contributed by atoms with E-state index in [1.54, 1.807) is 0 Å². The second-order valence-corrected chi connectivity index (χ2v) is 6.84. The maximum absolute atomic E-state index is 12.0. The SMILES string of the molecule is Cc1ccc(CNC(=O)CCN2C[C@H](C(C)C)[C@@H](N)C2)cc1. The number of nitrogens with two attached hydrogens (primary N) is 1. The van der Waals surface area contributed by atoms with Crippen LogP contribution >= 0.6 is 0 Å². The van der Waals surface area contributed by atoms with E-state index in [1.165, 1.54) is 5.56 Å². The summed E-state index contributed by atoms with van der Waals surface area (Å²) < 4.78 is 0. The van der Waals surface area contributed by atoms with Crippen LogP contribution in [0.2, 0.25) is 0 Å². The Morgan fingerprint density at radius 3 is 2.59 bits per heavy atom. The van der Waals surface area contributed by atoms with Crippen LogP contribution in [0.1, 0.15) is 31.4 Å². The molecule has 1 aromatic carbocycles. The molecule has 1 amide bonds. The third-order valence-corrected chi connectivity index (χ3v) is 4.61. The molecule has 0 spiro atoms. The Balaban J connectivity index is 1.69. The van der Waals surface area contributed by atoms with Gasteiger partial charge in [0, 0.05) is 38.6 Å². The molecule has 0 unspecified atom stereocenters. The molecule has 0 bridgehead atoms. The van der Waals surface area contributed by atoms with Gasteiger partial charge >= 0.3 is 0 Å². The molecular formula is C18H29N3O. The summed E-state index contributed by atoms with van der Waals surface area (Å²) in [6.45, 7) is 9.85. The molecule has 1 aromatic rings. The lowest BCUT2D eigenvalue weighted by Gasteiger charge is -2.18. The van der Waals surface area contributed by atoms with Crippen LogP contribution in [0.15, 0.2) is 24.3 Å². The first-order valence-electron chi connectivity index (χ1n) is 8.26. The van der Waals surface area contributed by atoms with Crippen LogP contribution in [0.3, 0.4) is 0 Å². The predicted octanol–water partition coefficient (Wildman–Crippen LogP) is 1.92. The number of nitrogens with one attached hydrogen (secondary N) is 1. The van der Waals surface area contributed by atoms with Crippen molar-refractivity contribution < 1.29 is 4.79 Å². The van der Waals surface area contributed by atoms with Gasteiger partial charge in [-0.3, -0.25) is 4.79 Å². The molecule has 2 atom stereocenters. The molecule has 2 rings (SSSR count). The Morgan fingerprint density at radius 2 is 2.00 bits per heavy atom. The molecule has 0 aromatic heterocycles. The Bertz CT molecular complexity index is 484. The van der Waals surface area contributed by atoms with Crippen molar-refractivity contribution in [3.8, 4) is 0 Å². The van der Waals surface area contributed by atoms with Crippen LogP contribution in [0.25, 0.3) is 0 Å². The largest absolute Gasteiger partial charge is 0.352 e. The average molecular weight is 303 g/mol. The van der Waals surface area contributed by atoms with Gasteiger partial charge in [0.05, 0.1) is 0 Å². The van der Waals surface area contributed by atoms with E-state index in [4.69, 9.17) is 5.73 Å². The van der Waals surface area contributed by atoms with Crippen molar-refractivity contribution in [2.75, 3.05) is 19.6 Å². The highest BCUT2D eigenvalue weighted by Crippen LogP contribution is 2.22. The molecule has 0 radical (unpaired) electrons. The average Bonchev–Trinajstić information content (AvgIpc) is 2.86. The molecule has 1 aliphatic heterocycles. The minimum absolute atomic E-state index is 0.113. The van der Waals surface area contributed by atoms with Gasteiger partial charge in [-0.1, -0.05) is 43.7 Å². The maximum atomic E-state index is 12.0. The van der Waals surface area contributed by atoms with Crippen LogP contribution in [0.4, 0.5) is 0 Å². The van der Waals surface area contributed by atoms with Crippen molar-refractivity contribution in [1.82, 2.24) is 10.2 Å². The summed E-state index contributed by atoms with van der Waals surface area (Å²) >= 11 is 0. The number of rotatable bonds is 6. The third-order valence-electron chi connectivity index (χ3n) is 4.61. The number of benzene rings is 1. The molecule has 3 N–H and O–H groups in total. The second-order valence-electron chi connectivity index (χ2n) is 6.84. The molecule has 1 aliphatic rings. The molecule has 1 heterocycles. The summed E-state index contributed by atoms with van der Waals surface area (Å²) in [4.78, 5) is 14.3. The zero-order valence-corrected chi connectivity index (χ0v) is 14.0. The summed E-state index contributed by atoms with van der Waals surface area (Å²) in [5.74, 6) is 1.27. The van der Waals surface area contributed by atoms with Crippen LogP contribution < -0.4 is 11.1 Å². The number of carbonyl (C=O) groups excluding carboxylic acids is 1. The molecule has 1 saturated heterocycles. The number of likely N-dealkylation sites (tertiary alicyclic amines) is 1. The minimum atomic E-state index is 0.113. The summed E-state index contributed by atoms with van der Waals surface area (Å²) in [5.41, 5.74) is 8.56. The highest BCUT2D eigenvalue weighted by atomic mass is 16.1. The quantitative estimate of drug-likeness (QED) is 0.844. The molecule has 122 valence electrons. The zero-order valence-electron chi connectivity index (χ0n) is 14.0. The van der Waals surface area contributed by atoms with E-state index in [2.05, 4.69) is 55.3 Å². The number of carbonyl (C=O) groups is 1. The van der Waals surface area contributed by atoms with Crippen LogP contribution in [0, 0.1) is 18.8 Å². The van der Waals surface area contributed by atoms with Gasteiger partial charge in [0.2, 0.25) is 5.91 Å². The molecule has 4 nitrogen and oxygen atoms in total. The van der Waals surface area contributed by atoms with E-state index in [-0.39, 0.29) is 11.9 Å². The standard InChI is InChI=1S/C18H29N3O/c1-13(2)16-11-21(12-17(16)19)9-8-18(22)20-10-15-6-4-14(3)5-7-15/h4-7,13,16-17H,8-12,19H2,1-3H3,(H,20,22)/t16-,17+/m1/s1. The number of hydrogen-bond donors (Lipinski definition) is 2. The topological polar surface area (TPSA) is 58.4 Å². The Morgan fingerprint density at radius 1 is 1.32 bits per heavy atom. The zero-order chi connectivity index (χ0) is 16.1. The Kier molecular flexibility index (Phi) is 5.98. The van der Waals surface area contributed by atoms with Gasteiger partial charge < -0.3 is 16.0 Å². The predicted molar refractivity (Wildman–Crippen MR) is 90.4 cm³/mol. The van der Waals surface area contributed by atoms with Gasteiger partial charge in [-0.2, -0.15) is 0 Å². The normalized spacial score (nSPS) is 22.2. The molecule has 0 saturated carbocycles. The maximum Gasteiger partial charge on any atom is 0.221 e. The van der Waals surface area contributed by atoms with Crippen LogP contribution in [-0.2, 0) is 11.3 Å². The third kappa shape index (κ3) is 4.82. The fourth-order valence-electron chi connectivity index (χ4n) is 3.08. The van der Waals surface area contributed by atoms with Crippen molar-refractivity contribution in [2.24, 2.45) is 17.6 Å². The van der Waals surface area contributed by atoms with Crippen molar-refractivity contribution >= 4 is 5.91 Å². The Labute approximate surface area is 134 Å². The van der Waals surface area contributed by atoms with E-state index < -0.39 is 0 Å². The number of aryl methyl sites for hydroxylation is 1. The monoisotopic (exact) mass is 303 g/mol. The first-order chi connectivity index (χ1) is 10.5. The lowest BCUT2D eigenvalue weighted by atomic mass is 9.92. The lowest BCUT2D eigenvalue weighted by molar-refractivity contribution is -0.121. The number of hydrogen-bond acceptors (Lipinski definition) is 3. The molecule has 22 heavy (non-hydrogen) atoms. The van der Waals surface area contributed by atoms with Crippen LogP contribution in [0.5, 0.6) is 0 Å². The van der Waals surface area contributed by atoms with E-state index >= 15 is 0 Å². The molecule has 0 aliphatic carbocycles. The van der Waals surface area contributed by atoms with Gasteiger partial charge in [-0.05, 0) is 24.3 Å². The van der Waals surface area contributed by atoms with Crippen molar-refractivity contribution in [1.29, 1.82) is 0 Å². The number of nitrogens with zero attached hydrogens (tertiary/aromatic N) is 1. The van der Waals surface area contributed by atoms with Gasteiger partial charge in [0.25, 0.3) is 0 Å². The van der Waals surface area contributed by atoms with Crippen LogP contribution in [-0.4, -0.2) is 36.5 Å². The van der Waals surface area contributed by atoms with Gasteiger partial charge in [-0.15, -0.1) is 0 Å². The van der Waals surface area contributed by atoms with Crippen molar-refractivity contribution in [3.05, 3.63) is 35.4 Å².